The molecule has 94 valence electrons. The van der Waals surface area contributed by atoms with Gasteiger partial charge in [-0.1, -0.05) is 41.9 Å². The van der Waals surface area contributed by atoms with E-state index in [-0.39, 0.29) is 0 Å². The number of hydrogen-bond acceptors (Lipinski definition) is 2. The van der Waals surface area contributed by atoms with Crippen molar-refractivity contribution in [3.63, 3.8) is 0 Å². The van der Waals surface area contributed by atoms with Gasteiger partial charge >= 0.3 is 0 Å². The second-order valence-corrected chi connectivity index (χ2v) is 5.45. The van der Waals surface area contributed by atoms with E-state index in [2.05, 4.69) is 24.3 Å². The Bertz CT molecular complexity index is 473. The molecular formula is C15H15ClOS. The molecule has 2 aromatic carbocycles. The van der Waals surface area contributed by atoms with Gasteiger partial charge in [0.15, 0.2) is 0 Å². The molecular weight excluding hydrogens is 264 g/mol. The summed E-state index contributed by atoms with van der Waals surface area (Å²) < 4.78 is 5.62. The summed E-state index contributed by atoms with van der Waals surface area (Å²) in [5.41, 5.74) is 1.12. The number of ether oxygens (including phenoxy) is 1. The summed E-state index contributed by atoms with van der Waals surface area (Å²) >= 11 is 7.71. The van der Waals surface area contributed by atoms with Gasteiger partial charge in [-0.15, -0.1) is 11.8 Å². The molecule has 1 nitrogen and oxygen atoms in total. The first-order chi connectivity index (χ1) is 8.84. The van der Waals surface area contributed by atoms with Crippen molar-refractivity contribution >= 4 is 23.4 Å². The lowest BCUT2D eigenvalue weighted by molar-refractivity contribution is 0.136. The highest BCUT2D eigenvalue weighted by Gasteiger charge is 1.96. The molecule has 0 unspecified atom stereocenters. The Kier molecular flexibility index (Phi) is 5.59. The summed E-state index contributed by atoms with van der Waals surface area (Å²) in [6.07, 6.45) is 0. The van der Waals surface area contributed by atoms with Crippen molar-refractivity contribution in [2.75, 3.05) is 12.4 Å². The summed E-state index contributed by atoms with van der Waals surface area (Å²) in [5, 5.41) is 0.759. The molecule has 0 N–H and O–H groups in total. The second kappa shape index (κ2) is 7.47. The first kappa shape index (κ1) is 13.5. The molecule has 2 rings (SSSR count). The molecule has 0 aliphatic heterocycles. The lowest BCUT2D eigenvalue weighted by atomic mass is 10.2. The Morgan fingerprint density at radius 1 is 1.00 bits per heavy atom. The lowest BCUT2D eigenvalue weighted by Crippen LogP contribution is -1.97. The van der Waals surface area contributed by atoms with Crippen molar-refractivity contribution in [3.8, 4) is 0 Å². The van der Waals surface area contributed by atoms with Gasteiger partial charge in [0.2, 0.25) is 0 Å². The van der Waals surface area contributed by atoms with Crippen LogP contribution in [0.25, 0.3) is 0 Å². The van der Waals surface area contributed by atoms with Gasteiger partial charge in [-0.25, -0.2) is 0 Å². The largest absolute Gasteiger partial charge is 0.376 e. The zero-order valence-corrected chi connectivity index (χ0v) is 11.6. The predicted molar refractivity (Wildman–Crippen MR) is 78.3 cm³/mol. The summed E-state index contributed by atoms with van der Waals surface area (Å²) in [4.78, 5) is 1.28. The maximum Gasteiger partial charge on any atom is 0.0717 e. The van der Waals surface area contributed by atoms with Crippen LogP contribution in [0, 0.1) is 0 Å². The molecule has 2 aromatic rings. The second-order valence-electron chi connectivity index (χ2n) is 3.84. The third kappa shape index (κ3) is 4.73. The average molecular weight is 279 g/mol. The fourth-order valence-corrected chi connectivity index (χ4v) is 2.55. The fourth-order valence-electron chi connectivity index (χ4n) is 1.55. The molecule has 0 saturated heterocycles. The van der Waals surface area contributed by atoms with E-state index in [1.54, 1.807) is 0 Å². The highest BCUT2D eigenvalue weighted by molar-refractivity contribution is 7.99. The topological polar surface area (TPSA) is 9.23 Å². The molecule has 0 spiro atoms. The molecule has 0 atom stereocenters. The van der Waals surface area contributed by atoms with E-state index in [0.717, 1.165) is 22.9 Å². The Labute approximate surface area is 117 Å². The maximum absolute atomic E-state index is 5.91. The minimum Gasteiger partial charge on any atom is -0.376 e. The van der Waals surface area contributed by atoms with E-state index in [9.17, 15) is 0 Å². The molecule has 0 saturated carbocycles. The number of hydrogen-bond donors (Lipinski definition) is 0. The van der Waals surface area contributed by atoms with Crippen LogP contribution in [0.2, 0.25) is 5.02 Å². The van der Waals surface area contributed by atoms with Gasteiger partial charge in [-0.3, -0.25) is 0 Å². The lowest BCUT2D eigenvalue weighted by Gasteiger charge is -2.05. The van der Waals surface area contributed by atoms with Crippen LogP contribution in [0.15, 0.2) is 59.5 Å². The Balaban J connectivity index is 1.65. The van der Waals surface area contributed by atoms with E-state index in [4.69, 9.17) is 16.3 Å². The van der Waals surface area contributed by atoms with Crippen molar-refractivity contribution < 1.29 is 4.74 Å². The normalized spacial score (nSPS) is 10.5. The molecule has 0 heterocycles. The van der Waals surface area contributed by atoms with Crippen molar-refractivity contribution in [3.05, 3.63) is 65.2 Å². The molecule has 0 aliphatic carbocycles. The van der Waals surface area contributed by atoms with Gasteiger partial charge in [-0.2, -0.15) is 0 Å². The summed E-state index contributed by atoms with van der Waals surface area (Å²) in [6.45, 7) is 1.36. The molecule has 18 heavy (non-hydrogen) atoms. The van der Waals surface area contributed by atoms with Crippen LogP contribution in [-0.2, 0) is 11.3 Å². The van der Waals surface area contributed by atoms with Crippen LogP contribution in [0.5, 0.6) is 0 Å². The van der Waals surface area contributed by atoms with E-state index in [0.29, 0.717) is 6.61 Å². The fraction of sp³-hybridized carbons (Fsp3) is 0.200. The van der Waals surface area contributed by atoms with Crippen molar-refractivity contribution in [2.24, 2.45) is 0 Å². The van der Waals surface area contributed by atoms with E-state index in [1.807, 2.05) is 42.1 Å². The summed E-state index contributed by atoms with van der Waals surface area (Å²) in [5.74, 6) is 0.963. The smallest absolute Gasteiger partial charge is 0.0717 e. The van der Waals surface area contributed by atoms with Crippen molar-refractivity contribution in [1.29, 1.82) is 0 Å². The molecule has 0 radical (unpaired) electrons. The quantitative estimate of drug-likeness (QED) is 0.562. The van der Waals surface area contributed by atoms with Gasteiger partial charge in [0.25, 0.3) is 0 Å². The first-order valence-electron chi connectivity index (χ1n) is 5.84. The van der Waals surface area contributed by atoms with E-state index < -0.39 is 0 Å². The first-order valence-corrected chi connectivity index (χ1v) is 7.21. The van der Waals surface area contributed by atoms with Gasteiger partial charge in [0, 0.05) is 15.7 Å². The van der Waals surface area contributed by atoms with Gasteiger partial charge in [-0.05, 0) is 29.8 Å². The van der Waals surface area contributed by atoms with Gasteiger partial charge in [0.05, 0.1) is 13.2 Å². The van der Waals surface area contributed by atoms with Crippen LogP contribution in [0.3, 0.4) is 0 Å². The number of halogens is 1. The molecule has 0 bridgehead atoms. The average Bonchev–Trinajstić information content (AvgIpc) is 2.40. The van der Waals surface area contributed by atoms with Crippen molar-refractivity contribution in [2.45, 2.75) is 11.5 Å². The Hall–Kier alpha value is -0.960. The van der Waals surface area contributed by atoms with Gasteiger partial charge in [0.1, 0.15) is 0 Å². The third-order valence-electron chi connectivity index (χ3n) is 2.40. The molecule has 0 amide bonds. The Morgan fingerprint density at radius 2 is 1.83 bits per heavy atom. The number of benzene rings is 2. The van der Waals surface area contributed by atoms with Crippen LogP contribution in [0.1, 0.15) is 5.56 Å². The SMILES string of the molecule is Clc1cccc(COCCSc2ccccc2)c1. The molecule has 0 fully saturated rings. The molecule has 3 heteroatoms. The minimum absolute atomic E-state index is 0.621. The standard InChI is InChI=1S/C15H15ClOS/c16-14-6-4-5-13(11-14)12-17-9-10-18-15-7-2-1-3-8-15/h1-8,11H,9-10,12H2. The summed E-state index contributed by atoms with van der Waals surface area (Å²) in [7, 11) is 0. The minimum atomic E-state index is 0.621. The van der Waals surface area contributed by atoms with Crippen LogP contribution < -0.4 is 0 Å². The highest BCUT2D eigenvalue weighted by Crippen LogP contribution is 2.17. The van der Waals surface area contributed by atoms with Crippen LogP contribution in [0.4, 0.5) is 0 Å². The number of thioether (sulfide) groups is 1. The van der Waals surface area contributed by atoms with Crippen LogP contribution in [-0.4, -0.2) is 12.4 Å². The van der Waals surface area contributed by atoms with E-state index >= 15 is 0 Å². The zero-order chi connectivity index (χ0) is 12.6. The monoisotopic (exact) mass is 278 g/mol. The molecule has 0 aromatic heterocycles. The van der Waals surface area contributed by atoms with Crippen LogP contribution >= 0.6 is 23.4 Å². The summed E-state index contributed by atoms with van der Waals surface area (Å²) in [6, 6.07) is 18.1. The van der Waals surface area contributed by atoms with E-state index in [1.165, 1.54) is 4.90 Å². The Morgan fingerprint density at radius 3 is 2.61 bits per heavy atom. The van der Waals surface area contributed by atoms with Crippen molar-refractivity contribution in [1.82, 2.24) is 0 Å². The number of rotatable bonds is 6. The zero-order valence-electron chi connectivity index (χ0n) is 10.0. The highest BCUT2D eigenvalue weighted by atomic mass is 35.5. The predicted octanol–water partition coefficient (Wildman–Crippen LogP) is 4.65. The molecule has 0 aliphatic rings. The maximum atomic E-state index is 5.91. The third-order valence-corrected chi connectivity index (χ3v) is 3.61. The van der Waals surface area contributed by atoms with Gasteiger partial charge < -0.3 is 4.74 Å².